The van der Waals surface area contributed by atoms with Gasteiger partial charge in [0, 0.05) is 10.6 Å². The molecule has 0 heterocycles. The molecule has 2 aromatic rings. The smallest absolute Gasteiger partial charge is 0.161 e. The van der Waals surface area contributed by atoms with Crippen LogP contribution in [-0.4, -0.2) is 33.1 Å². The number of hydrogen-bond acceptors (Lipinski definition) is 5. The molecule has 0 bridgehead atoms. The maximum Gasteiger partial charge on any atom is 0.161 e. The summed E-state index contributed by atoms with van der Waals surface area (Å²) in [6, 6.07) is 12.8. The quantitative estimate of drug-likeness (QED) is 0.387. The van der Waals surface area contributed by atoms with Crippen molar-refractivity contribution in [3.05, 3.63) is 53.1 Å². The topological polar surface area (TPSA) is 49.3 Å². The molecule has 24 heavy (non-hydrogen) atoms. The van der Waals surface area contributed by atoms with Gasteiger partial charge in [0.2, 0.25) is 0 Å². The Morgan fingerprint density at radius 3 is 2.67 bits per heavy atom. The molecule has 0 radical (unpaired) electrons. The minimum atomic E-state index is 0.331. The number of methoxy groups -OCH3 is 1. The first-order valence-corrected chi connectivity index (χ1v) is 7.95. The normalized spacial score (nSPS) is 10.6. The van der Waals surface area contributed by atoms with Gasteiger partial charge in [-0.2, -0.15) is 0 Å². The molecule has 0 aromatic heterocycles. The Hall–Kier alpha value is -2.40. The summed E-state index contributed by atoms with van der Waals surface area (Å²) >= 11 is 5.88. The zero-order chi connectivity index (χ0) is 17.2. The molecule has 6 heteroatoms. The summed E-state index contributed by atoms with van der Waals surface area (Å²) in [5, 5.41) is 4.55. The van der Waals surface area contributed by atoms with E-state index in [-0.39, 0.29) is 0 Å². The lowest BCUT2D eigenvalue weighted by Crippen LogP contribution is -2.04. The third-order valence-electron chi connectivity index (χ3n) is 3.00. The van der Waals surface area contributed by atoms with Crippen molar-refractivity contribution in [2.45, 2.75) is 6.92 Å². The summed E-state index contributed by atoms with van der Waals surface area (Å²) in [4.78, 5) is 5.18. The number of oxime groups is 1. The first-order chi connectivity index (χ1) is 11.7. The van der Waals surface area contributed by atoms with Crippen LogP contribution in [0.3, 0.4) is 0 Å². The fraction of sp³-hybridized carbons (Fsp3) is 0.278. The van der Waals surface area contributed by atoms with Crippen molar-refractivity contribution < 1.29 is 19.0 Å². The highest BCUT2D eigenvalue weighted by Crippen LogP contribution is 2.27. The van der Waals surface area contributed by atoms with Crippen LogP contribution >= 0.6 is 11.6 Å². The highest BCUT2D eigenvalue weighted by Gasteiger charge is 2.04. The van der Waals surface area contributed by atoms with E-state index >= 15 is 0 Å². The van der Waals surface area contributed by atoms with Crippen molar-refractivity contribution in [1.29, 1.82) is 0 Å². The van der Waals surface area contributed by atoms with E-state index in [0.717, 1.165) is 5.56 Å². The number of benzene rings is 2. The molecule has 0 aliphatic carbocycles. The summed E-state index contributed by atoms with van der Waals surface area (Å²) in [6.45, 7) is 3.22. The molecule has 2 aromatic carbocycles. The van der Waals surface area contributed by atoms with Crippen molar-refractivity contribution in [2.24, 2.45) is 5.16 Å². The lowest BCUT2D eigenvalue weighted by molar-refractivity contribution is 0.108. The molecule has 0 fully saturated rings. The van der Waals surface area contributed by atoms with Crippen molar-refractivity contribution in [3.8, 4) is 17.2 Å². The van der Waals surface area contributed by atoms with Crippen molar-refractivity contribution >= 4 is 17.8 Å². The third-order valence-corrected chi connectivity index (χ3v) is 3.24. The largest absolute Gasteiger partial charge is 0.493 e. The Morgan fingerprint density at radius 1 is 1.04 bits per heavy atom. The Balaban J connectivity index is 1.77. The van der Waals surface area contributed by atoms with Gasteiger partial charge in [-0.15, -0.1) is 0 Å². The Morgan fingerprint density at radius 2 is 1.92 bits per heavy atom. The first-order valence-electron chi connectivity index (χ1n) is 7.57. The fourth-order valence-electron chi connectivity index (χ4n) is 1.94. The Labute approximate surface area is 146 Å². The Kier molecular flexibility index (Phi) is 7.23. The average Bonchev–Trinajstić information content (AvgIpc) is 2.59. The summed E-state index contributed by atoms with van der Waals surface area (Å²) in [7, 11) is 1.60. The van der Waals surface area contributed by atoms with E-state index in [1.165, 1.54) is 0 Å². The summed E-state index contributed by atoms with van der Waals surface area (Å²) in [6.07, 6.45) is 1.61. The van der Waals surface area contributed by atoms with Crippen LogP contribution in [-0.2, 0) is 4.84 Å². The van der Waals surface area contributed by atoms with Gasteiger partial charge < -0.3 is 19.0 Å². The highest BCUT2D eigenvalue weighted by atomic mass is 35.5. The third kappa shape index (κ3) is 5.66. The van der Waals surface area contributed by atoms with Crippen LogP contribution < -0.4 is 14.2 Å². The van der Waals surface area contributed by atoms with Gasteiger partial charge in [0.25, 0.3) is 0 Å². The van der Waals surface area contributed by atoms with Gasteiger partial charge in [-0.3, -0.25) is 0 Å². The number of halogens is 1. The Bertz CT molecular complexity index is 676. The zero-order valence-corrected chi connectivity index (χ0v) is 14.5. The molecule has 0 amide bonds. The van der Waals surface area contributed by atoms with Crippen molar-refractivity contribution in [1.82, 2.24) is 0 Å². The van der Waals surface area contributed by atoms with E-state index in [1.807, 2.05) is 37.3 Å². The van der Waals surface area contributed by atoms with Crippen molar-refractivity contribution in [2.75, 3.05) is 26.9 Å². The molecule has 0 N–H and O–H groups in total. The van der Waals surface area contributed by atoms with E-state index in [0.29, 0.717) is 42.1 Å². The number of rotatable bonds is 9. The molecule has 5 nitrogen and oxygen atoms in total. The zero-order valence-electron chi connectivity index (χ0n) is 13.7. The molecule has 0 saturated carbocycles. The molecule has 0 aliphatic rings. The molecule has 0 spiro atoms. The lowest BCUT2D eigenvalue weighted by Gasteiger charge is -2.09. The number of ether oxygens (including phenoxy) is 3. The van der Waals surface area contributed by atoms with Gasteiger partial charge in [0.15, 0.2) is 18.1 Å². The highest BCUT2D eigenvalue weighted by molar-refractivity contribution is 6.30. The van der Waals surface area contributed by atoms with Crippen molar-refractivity contribution in [3.63, 3.8) is 0 Å². The van der Waals surface area contributed by atoms with Gasteiger partial charge in [-0.05, 0) is 43.3 Å². The monoisotopic (exact) mass is 349 g/mol. The van der Waals surface area contributed by atoms with Crippen LogP contribution in [0.25, 0.3) is 0 Å². The predicted molar refractivity (Wildman–Crippen MR) is 94.7 cm³/mol. The van der Waals surface area contributed by atoms with Crippen LogP contribution in [0.15, 0.2) is 47.6 Å². The maximum absolute atomic E-state index is 5.88. The van der Waals surface area contributed by atoms with Crippen LogP contribution in [0.1, 0.15) is 12.5 Å². The summed E-state index contributed by atoms with van der Waals surface area (Å²) < 4.78 is 16.2. The number of hydrogen-bond donors (Lipinski definition) is 0. The second kappa shape index (κ2) is 9.67. The standard InChI is InChI=1S/C18H20ClNO4/c1-3-22-17-8-7-14(11-18(17)21-2)13-20-24-10-9-23-16-6-4-5-15(19)12-16/h4-8,11-13H,3,9-10H2,1-2H3. The van der Waals surface area contributed by atoms with Crippen LogP contribution in [0.5, 0.6) is 17.2 Å². The van der Waals surface area contributed by atoms with Crippen LogP contribution in [0.4, 0.5) is 0 Å². The second-order valence-electron chi connectivity index (χ2n) is 4.72. The van der Waals surface area contributed by atoms with E-state index in [1.54, 1.807) is 25.5 Å². The van der Waals surface area contributed by atoms with E-state index < -0.39 is 0 Å². The molecular formula is C18H20ClNO4. The van der Waals surface area contributed by atoms with Gasteiger partial charge in [-0.1, -0.05) is 22.8 Å². The molecule has 128 valence electrons. The molecule has 0 unspecified atom stereocenters. The molecule has 0 saturated heterocycles. The summed E-state index contributed by atoms with van der Waals surface area (Å²) in [5.74, 6) is 2.06. The van der Waals surface area contributed by atoms with E-state index in [9.17, 15) is 0 Å². The minimum absolute atomic E-state index is 0.331. The minimum Gasteiger partial charge on any atom is -0.493 e. The molecule has 2 rings (SSSR count). The van der Waals surface area contributed by atoms with Gasteiger partial charge in [-0.25, -0.2) is 0 Å². The first kappa shape index (κ1) is 17.9. The second-order valence-corrected chi connectivity index (χ2v) is 5.15. The lowest BCUT2D eigenvalue weighted by atomic mass is 10.2. The van der Waals surface area contributed by atoms with Gasteiger partial charge in [0.05, 0.1) is 19.9 Å². The average molecular weight is 350 g/mol. The number of nitrogens with zero attached hydrogens (tertiary/aromatic N) is 1. The van der Waals surface area contributed by atoms with E-state index in [2.05, 4.69) is 5.16 Å². The van der Waals surface area contributed by atoms with Gasteiger partial charge in [0.1, 0.15) is 12.4 Å². The SMILES string of the molecule is CCOc1ccc(C=NOCCOc2cccc(Cl)c2)cc1OC. The predicted octanol–water partition coefficient (Wildman–Crippen LogP) is 4.18. The van der Waals surface area contributed by atoms with E-state index in [4.69, 9.17) is 30.6 Å². The van der Waals surface area contributed by atoms with Crippen LogP contribution in [0.2, 0.25) is 5.02 Å². The summed E-state index contributed by atoms with van der Waals surface area (Å²) in [5.41, 5.74) is 0.853. The van der Waals surface area contributed by atoms with Crippen LogP contribution in [0, 0.1) is 0 Å². The molecule has 0 aliphatic heterocycles. The maximum atomic E-state index is 5.88. The molecule has 0 atom stereocenters. The fourth-order valence-corrected chi connectivity index (χ4v) is 2.12. The van der Waals surface area contributed by atoms with Gasteiger partial charge >= 0.3 is 0 Å². The molecular weight excluding hydrogens is 330 g/mol.